The zero-order chi connectivity index (χ0) is 23.4. The minimum atomic E-state index is -5.36. The Morgan fingerprint density at radius 2 is 0.588 bits per heavy atom. The molecule has 34 heavy (non-hydrogen) atoms. The van der Waals surface area contributed by atoms with E-state index in [1.165, 1.54) is 45.2 Å². The molecule has 0 aliphatic rings. The van der Waals surface area contributed by atoms with E-state index in [1.807, 2.05) is 0 Å². The molecule has 2 rings (SSSR count). The van der Waals surface area contributed by atoms with Crippen LogP contribution in [0.25, 0.3) is 11.1 Å². The van der Waals surface area contributed by atoms with Crippen LogP contribution in [0.3, 0.4) is 0 Å². The fourth-order valence-corrected chi connectivity index (χ4v) is 7.63. The summed E-state index contributed by atoms with van der Waals surface area (Å²) >= 11 is 2.83. The Morgan fingerprint density at radius 3 is 0.706 bits per heavy atom. The molecule has 0 spiro atoms. The van der Waals surface area contributed by atoms with Gasteiger partial charge in [0.15, 0.2) is 0 Å². The predicted molar refractivity (Wildman–Crippen MR) is 145 cm³/mol. The number of hydrogen-bond donors (Lipinski definition) is 4. The zero-order valence-corrected chi connectivity index (χ0v) is 21.3. The van der Waals surface area contributed by atoms with Gasteiger partial charge in [0.05, 0.1) is 0 Å². The first kappa shape index (κ1) is 42.0. The van der Waals surface area contributed by atoms with Crippen molar-refractivity contribution in [3.8, 4) is 11.1 Å². The van der Waals surface area contributed by atoms with Crippen molar-refractivity contribution >= 4 is 204 Å². The topological polar surface area (TPSA) is 217 Å². The average molecular weight is 822 g/mol. The van der Waals surface area contributed by atoms with Crippen molar-refractivity contribution in [2.75, 3.05) is 0 Å². The molecule has 2 aromatic carbocycles. The van der Waals surface area contributed by atoms with Gasteiger partial charge in [-0.25, -0.2) is 0 Å². The van der Waals surface area contributed by atoms with Crippen molar-refractivity contribution in [2.45, 2.75) is 19.6 Å². The van der Waals surface area contributed by atoms with Gasteiger partial charge in [0.1, 0.15) is 19.6 Å². The van der Waals surface area contributed by atoms with Gasteiger partial charge in [-0.3, -0.25) is 18.2 Å². The fourth-order valence-electron chi connectivity index (χ4n) is 2.42. The Bertz CT molecular complexity index is 1290. The fraction of sp³-hybridized carbons (Fsp3) is 0. The first-order chi connectivity index (χ1) is 13.2. The van der Waals surface area contributed by atoms with E-state index < -0.39 is 71.2 Å². The predicted octanol–water partition coefficient (Wildman–Crippen LogP) is -1.04. The van der Waals surface area contributed by atoms with E-state index in [4.69, 9.17) is 0 Å². The monoisotopic (exact) mass is 822 g/mol. The number of halogens is 2. The van der Waals surface area contributed by atoms with Crippen molar-refractivity contribution in [1.82, 2.24) is 0 Å². The standard InChI is InChI=1S/C12H8I2O12S4.4Na.4H/c13-5-1-7(27(15,16)17)11(8(2-5)28(18,19)20)12-9(29(21,22)23)3-6(14)4-10(12)30(24,25)26;;;;;;;;/h1-4H,(H,15,16,17)(H,18,19,20)(H,21,22,23)(H,24,25,26);;;;;;;;. The van der Waals surface area contributed by atoms with Gasteiger partial charge in [-0.05, 0) is 69.4 Å². The van der Waals surface area contributed by atoms with Crippen LogP contribution in [0.2, 0.25) is 0 Å². The van der Waals surface area contributed by atoms with Crippen LogP contribution in [-0.2, 0) is 40.5 Å². The Labute approximate surface area is 311 Å². The molecular weight excluding hydrogens is 810 g/mol. The summed E-state index contributed by atoms with van der Waals surface area (Å²) in [5.74, 6) is 0. The summed E-state index contributed by atoms with van der Waals surface area (Å²) in [6, 6.07) is 2.61. The average Bonchev–Trinajstić information content (AvgIpc) is 2.50. The van der Waals surface area contributed by atoms with Crippen LogP contribution in [-0.4, -0.2) is 170 Å². The summed E-state index contributed by atoms with van der Waals surface area (Å²) < 4.78 is 133. The third-order valence-electron chi connectivity index (χ3n) is 3.42. The molecule has 2 aromatic rings. The van der Waals surface area contributed by atoms with Crippen molar-refractivity contribution in [3.05, 3.63) is 31.4 Å². The summed E-state index contributed by atoms with van der Waals surface area (Å²) in [4.78, 5) is -5.23. The molecule has 0 heterocycles. The Balaban J connectivity index is -0.00000240. The molecule has 22 heteroatoms. The summed E-state index contributed by atoms with van der Waals surface area (Å²) in [6.07, 6.45) is 0. The van der Waals surface area contributed by atoms with Gasteiger partial charge in [0.2, 0.25) is 0 Å². The molecule has 0 saturated heterocycles. The van der Waals surface area contributed by atoms with Crippen LogP contribution in [0, 0.1) is 7.14 Å². The van der Waals surface area contributed by atoms with Gasteiger partial charge in [0.25, 0.3) is 40.5 Å². The number of benzene rings is 2. The number of rotatable bonds is 5. The molecule has 0 atom stereocenters. The Hall–Kier alpha value is 3.54. The van der Waals surface area contributed by atoms with E-state index in [0.29, 0.717) is 24.3 Å². The first-order valence-corrected chi connectivity index (χ1v) is 14.7. The molecule has 0 radical (unpaired) electrons. The SMILES string of the molecule is O=S(=O)(O)c1cc(I)cc(S(=O)(=O)O)c1-c1c(S(=O)(=O)O)cc(I)cc1S(=O)(=O)O.[NaH].[NaH].[NaH].[NaH]. The van der Waals surface area contributed by atoms with E-state index in [0.717, 1.165) is 0 Å². The molecule has 12 nitrogen and oxygen atoms in total. The third-order valence-corrected chi connectivity index (χ3v) is 8.18. The molecule has 0 aliphatic carbocycles. The van der Waals surface area contributed by atoms with E-state index >= 15 is 0 Å². The molecule has 4 N–H and O–H groups in total. The number of hydrogen-bond acceptors (Lipinski definition) is 8. The van der Waals surface area contributed by atoms with Crippen LogP contribution in [0.1, 0.15) is 0 Å². The van der Waals surface area contributed by atoms with Crippen molar-refractivity contribution < 1.29 is 51.9 Å². The molecule has 0 bridgehead atoms. The van der Waals surface area contributed by atoms with Crippen LogP contribution < -0.4 is 0 Å². The first-order valence-electron chi connectivity index (χ1n) is 6.82. The Morgan fingerprint density at radius 1 is 0.441 bits per heavy atom. The van der Waals surface area contributed by atoms with Gasteiger partial charge in [0, 0.05) is 18.3 Å². The van der Waals surface area contributed by atoms with Crippen molar-refractivity contribution in [2.24, 2.45) is 0 Å². The van der Waals surface area contributed by atoms with Crippen LogP contribution in [0.15, 0.2) is 43.8 Å². The van der Waals surface area contributed by atoms with E-state index in [-0.39, 0.29) is 125 Å². The van der Waals surface area contributed by atoms with E-state index in [2.05, 4.69) is 0 Å². The second kappa shape index (κ2) is 15.0. The second-order valence-corrected chi connectivity index (χ2v) is 13.5. The third kappa shape index (κ3) is 10.5. The van der Waals surface area contributed by atoms with E-state index in [9.17, 15) is 51.9 Å². The maximum absolute atomic E-state index is 11.9. The van der Waals surface area contributed by atoms with Gasteiger partial charge < -0.3 is 0 Å². The summed E-state index contributed by atoms with van der Waals surface area (Å²) in [5.41, 5.74) is -2.59. The van der Waals surface area contributed by atoms with Crippen LogP contribution >= 0.6 is 45.2 Å². The van der Waals surface area contributed by atoms with E-state index in [1.54, 1.807) is 0 Å². The molecule has 0 unspecified atom stereocenters. The summed E-state index contributed by atoms with van der Waals surface area (Å²) in [6.45, 7) is 0. The molecule has 0 amide bonds. The molecule has 0 aliphatic heterocycles. The maximum atomic E-state index is 11.9. The molecule has 174 valence electrons. The molecular formula is C12H12I2Na4O12S4. The minimum absolute atomic E-state index is 0. The van der Waals surface area contributed by atoms with Crippen LogP contribution in [0.5, 0.6) is 0 Å². The molecule has 0 fully saturated rings. The van der Waals surface area contributed by atoms with Gasteiger partial charge in [-0.15, -0.1) is 0 Å². The summed E-state index contributed by atoms with van der Waals surface area (Å²) in [7, 11) is -21.4. The van der Waals surface area contributed by atoms with Crippen molar-refractivity contribution in [3.63, 3.8) is 0 Å². The van der Waals surface area contributed by atoms with Gasteiger partial charge in [-0.2, -0.15) is 33.7 Å². The normalized spacial score (nSPS) is 11.8. The van der Waals surface area contributed by atoms with Gasteiger partial charge in [-0.1, -0.05) is 0 Å². The zero-order valence-electron chi connectivity index (χ0n) is 13.8. The van der Waals surface area contributed by atoms with Crippen LogP contribution in [0.4, 0.5) is 0 Å². The van der Waals surface area contributed by atoms with Gasteiger partial charge >= 0.3 is 118 Å². The summed E-state index contributed by atoms with van der Waals surface area (Å²) in [5, 5.41) is 0. The second-order valence-electron chi connectivity index (χ2n) is 5.45. The van der Waals surface area contributed by atoms with Crippen molar-refractivity contribution in [1.29, 1.82) is 0 Å². The molecule has 0 aromatic heterocycles. The molecule has 0 saturated carbocycles. The Kier molecular flexibility index (Phi) is 18.5. The quantitative estimate of drug-likeness (QED) is 0.162.